The SMILES string of the molecule is COc1cccc(F)c1-c1nc(N(C)C)c2ccccc2n1. The van der Waals surface area contributed by atoms with Crippen LogP contribution in [0.15, 0.2) is 42.5 Å². The molecule has 0 atom stereocenters. The van der Waals surface area contributed by atoms with Gasteiger partial charge in [-0.25, -0.2) is 14.4 Å². The van der Waals surface area contributed by atoms with Crippen LogP contribution in [0.1, 0.15) is 0 Å². The van der Waals surface area contributed by atoms with Gasteiger partial charge in [-0.05, 0) is 24.3 Å². The van der Waals surface area contributed by atoms with Crippen LogP contribution >= 0.6 is 0 Å². The number of methoxy groups -OCH3 is 1. The summed E-state index contributed by atoms with van der Waals surface area (Å²) in [5.74, 6) is 1.07. The molecule has 0 fully saturated rings. The van der Waals surface area contributed by atoms with Gasteiger partial charge in [-0.2, -0.15) is 0 Å². The Hall–Kier alpha value is -2.69. The largest absolute Gasteiger partial charge is 0.496 e. The zero-order chi connectivity index (χ0) is 15.7. The van der Waals surface area contributed by atoms with Crippen LogP contribution in [0.5, 0.6) is 5.75 Å². The van der Waals surface area contributed by atoms with Gasteiger partial charge in [-0.15, -0.1) is 0 Å². The van der Waals surface area contributed by atoms with E-state index >= 15 is 0 Å². The normalized spacial score (nSPS) is 10.7. The Labute approximate surface area is 128 Å². The second-order valence-electron chi connectivity index (χ2n) is 5.10. The molecule has 0 bridgehead atoms. The van der Waals surface area contributed by atoms with Crippen LogP contribution in [0.2, 0.25) is 0 Å². The fourth-order valence-electron chi connectivity index (χ4n) is 2.40. The monoisotopic (exact) mass is 297 g/mol. The predicted octanol–water partition coefficient (Wildman–Crippen LogP) is 3.51. The quantitative estimate of drug-likeness (QED) is 0.741. The van der Waals surface area contributed by atoms with Crippen molar-refractivity contribution in [3.05, 3.63) is 48.3 Å². The van der Waals surface area contributed by atoms with Crippen LogP contribution in [-0.4, -0.2) is 31.2 Å². The molecule has 1 heterocycles. The number of benzene rings is 2. The predicted molar refractivity (Wildman–Crippen MR) is 85.8 cm³/mol. The summed E-state index contributed by atoms with van der Waals surface area (Å²) in [6, 6.07) is 12.4. The maximum absolute atomic E-state index is 14.3. The minimum atomic E-state index is -0.403. The molecule has 0 saturated carbocycles. The van der Waals surface area contributed by atoms with Crippen LogP contribution in [0.3, 0.4) is 0 Å². The van der Waals surface area contributed by atoms with Gasteiger partial charge in [-0.3, -0.25) is 0 Å². The average Bonchev–Trinajstić information content (AvgIpc) is 2.53. The number of hydrogen-bond donors (Lipinski definition) is 0. The fraction of sp³-hybridized carbons (Fsp3) is 0.176. The van der Waals surface area contributed by atoms with E-state index in [9.17, 15) is 4.39 Å². The maximum Gasteiger partial charge on any atom is 0.168 e. The van der Waals surface area contributed by atoms with Crippen LogP contribution < -0.4 is 9.64 Å². The zero-order valence-electron chi connectivity index (χ0n) is 12.7. The lowest BCUT2D eigenvalue weighted by Gasteiger charge is -2.16. The van der Waals surface area contributed by atoms with Gasteiger partial charge in [-0.1, -0.05) is 18.2 Å². The van der Waals surface area contributed by atoms with Crippen LogP contribution in [0.4, 0.5) is 10.2 Å². The van der Waals surface area contributed by atoms with Gasteiger partial charge in [0.15, 0.2) is 5.82 Å². The van der Waals surface area contributed by atoms with E-state index in [0.29, 0.717) is 11.6 Å². The van der Waals surface area contributed by atoms with Gasteiger partial charge < -0.3 is 9.64 Å². The number of ether oxygens (including phenoxy) is 1. The number of para-hydroxylation sites is 1. The van der Waals surface area contributed by atoms with Crippen molar-refractivity contribution < 1.29 is 9.13 Å². The summed E-state index contributed by atoms with van der Waals surface area (Å²) in [4.78, 5) is 10.9. The highest BCUT2D eigenvalue weighted by Crippen LogP contribution is 2.33. The molecule has 22 heavy (non-hydrogen) atoms. The second-order valence-corrected chi connectivity index (χ2v) is 5.10. The first-order chi connectivity index (χ1) is 10.6. The Morgan fingerprint density at radius 1 is 1.00 bits per heavy atom. The molecule has 4 nitrogen and oxygen atoms in total. The number of fused-ring (bicyclic) bond motifs is 1. The summed E-state index contributed by atoms with van der Waals surface area (Å²) in [6.07, 6.45) is 0. The second kappa shape index (κ2) is 5.60. The molecule has 0 saturated heterocycles. The van der Waals surface area contributed by atoms with Crippen LogP contribution in [0.25, 0.3) is 22.3 Å². The fourth-order valence-corrected chi connectivity index (χ4v) is 2.40. The third-order valence-corrected chi connectivity index (χ3v) is 3.43. The summed E-state index contributed by atoms with van der Waals surface area (Å²) in [7, 11) is 5.31. The molecule has 1 aromatic heterocycles. The van der Waals surface area contributed by atoms with Crippen molar-refractivity contribution in [2.24, 2.45) is 0 Å². The van der Waals surface area contributed by atoms with Crippen molar-refractivity contribution in [3.8, 4) is 17.1 Å². The molecule has 0 radical (unpaired) electrons. The van der Waals surface area contributed by atoms with Gasteiger partial charge in [0.05, 0.1) is 18.2 Å². The molecule has 112 valence electrons. The minimum Gasteiger partial charge on any atom is -0.496 e. The van der Waals surface area contributed by atoms with Crippen molar-refractivity contribution in [1.29, 1.82) is 0 Å². The number of rotatable bonds is 3. The van der Waals surface area contributed by atoms with E-state index in [4.69, 9.17) is 4.74 Å². The first kappa shape index (κ1) is 14.3. The van der Waals surface area contributed by atoms with E-state index < -0.39 is 5.82 Å². The molecular weight excluding hydrogens is 281 g/mol. The van der Waals surface area contributed by atoms with Gasteiger partial charge in [0.2, 0.25) is 0 Å². The first-order valence-electron chi connectivity index (χ1n) is 6.89. The van der Waals surface area contributed by atoms with Crippen molar-refractivity contribution >= 4 is 16.7 Å². The van der Waals surface area contributed by atoms with E-state index in [1.807, 2.05) is 43.3 Å². The molecule has 0 aliphatic heterocycles. The molecule has 5 heteroatoms. The van der Waals surface area contributed by atoms with E-state index in [-0.39, 0.29) is 5.56 Å². The number of hydrogen-bond acceptors (Lipinski definition) is 4. The van der Waals surface area contributed by atoms with Gasteiger partial charge in [0.25, 0.3) is 0 Å². The minimum absolute atomic E-state index is 0.277. The van der Waals surface area contributed by atoms with Crippen molar-refractivity contribution in [2.75, 3.05) is 26.1 Å². The zero-order valence-corrected chi connectivity index (χ0v) is 12.7. The molecule has 0 aliphatic carbocycles. The first-order valence-corrected chi connectivity index (χ1v) is 6.89. The molecule has 3 aromatic rings. The van der Waals surface area contributed by atoms with E-state index in [0.717, 1.165) is 16.7 Å². The van der Waals surface area contributed by atoms with E-state index in [2.05, 4.69) is 9.97 Å². The van der Waals surface area contributed by atoms with Crippen molar-refractivity contribution in [3.63, 3.8) is 0 Å². The standard InChI is InChI=1S/C17H16FN3O/c1-21(2)17-11-7-4-5-9-13(11)19-16(20-17)15-12(18)8-6-10-14(15)22-3/h4-10H,1-3H3. The summed E-state index contributed by atoms with van der Waals surface area (Å²) >= 11 is 0. The molecule has 3 rings (SSSR count). The number of nitrogens with zero attached hydrogens (tertiary/aromatic N) is 3. The highest BCUT2D eigenvalue weighted by Gasteiger charge is 2.17. The Kier molecular flexibility index (Phi) is 3.63. The van der Waals surface area contributed by atoms with Gasteiger partial charge >= 0.3 is 0 Å². The lowest BCUT2D eigenvalue weighted by Crippen LogP contribution is -2.12. The number of halogens is 1. The summed E-state index contributed by atoms with van der Waals surface area (Å²) in [6.45, 7) is 0. The lowest BCUT2D eigenvalue weighted by molar-refractivity contribution is 0.413. The highest BCUT2D eigenvalue weighted by molar-refractivity contribution is 5.91. The Morgan fingerprint density at radius 3 is 2.50 bits per heavy atom. The smallest absolute Gasteiger partial charge is 0.168 e. The van der Waals surface area contributed by atoms with Gasteiger partial charge in [0, 0.05) is 19.5 Å². The van der Waals surface area contributed by atoms with Crippen molar-refractivity contribution in [1.82, 2.24) is 9.97 Å². The summed E-state index contributed by atoms with van der Waals surface area (Å²) in [5, 5.41) is 0.923. The lowest BCUT2D eigenvalue weighted by atomic mass is 10.1. The molecule has 0 unspecified atom stereocenters. The Bertz CT molecular complexity index is 833. The Balaban J connectivity index is 2.33. The molecule has 0 aliphatic rings. The average molecular weight is 297 g/mol. The summed E-state index contributed by atoms with van der Waals surface area (Å²) in [5.41, 5.74) is 1.04. The molecular formula is C17H16FN3O. The third-order valence-electron chi connectivity index (χ3n) is 3.43. The highest BCUT2D eigenvalue weighted by atomic mass is 19.1. The maximum atomic E-state index is 14.3. The molecule has 2 aromatic carbocycles. The topological polar surface area (TPSA) is 38.2 Å². The number of aromatic nitrogens is 2. The molecule has 0 spiro atoms. The van der Waals surface area contributed by atoms with E-state index in [1.54, 1.807) is 12.1 Å². The van der Waals surface area contributed by atoms with E-state index in [1.165, 1.54) is 13.2 Å². The Morgan fingerprint density at radius 2 is 1.77 bits per heavy atom. The summed E-state index contributed by atoms with van der Waals surface area (Å²) < 4.78 is 19.5. The molecule has 0 N–H and O–H groups in total. The van der Waals surface area contributed by atoms with Crippen LogP contribution in [-0.2, 0) is 0 Å². The third kappa shape index (κ3) is 2.35. The van der Waals surface area contributed by atoms with Crippen LogP contribution in [0, 0.1) is 5.82 Å². The number of anilines is 1. The van der Waals surface area contributed by atoms with Crippen molar-refractivity contribution in [2.45, 2.75) is 0 Å². The molecule has 0 amide bonds. The van der Waals surface area contributed by atoms with Gasteiger partial charge in [0.1, 0.15) is 17.4 Å².